The van der Waals surface area contributed by atoms with E-state index in [2.05, 4.69) is 16.4 Å². The molecule has 0 aliphatic rings. The van der Waals surface area contributed by atoms with Gasteiger partial charge in [-0.2, -0.15) is 0 Å². The third-order valence-electron chi connectivity index (χ3n) is 2.86. The molecule has 0 radical (unpaired) electrons. The van der Waals surface area contributed by atoms with Gasteiger partial charge in [0.05, 0.1) is 21.8 Å². The van der Waals surface area contributed by atoms with Crippen molar-refractivity contribution in [2.75, 3.05) is 12.4 Å². The van der Waals surface area contributed by atoms with Crippen molar-refractivity contribution in [1.29, 1.82) is 0 Å². The third kappa shape index (κ3) is 2.77. The predicted octanol–water partition coefficient (Wildman–Crippen LogP) is 4.84. The number of nitrogens with one attached hydrogen (secondary N) is 1. The van der Waals surface area contributed by atoms with Crippen LogP contribution in [0.1, 0.15) is 5.56 Å². The van der Waals surface area contributed by atoms with Gasteiger partial charge in [0.15, 0.2) is 5.13 Å². The summed E-state index contributed by atoms with van der Waals surface area (Å²) in [5.74, 6) is 0. The molecular weight excluding hydrogens is 292 g/mol. The molecule has 0 aliphatic heterocycles. The van der Waals surface area contributed by atoms with Gasteiger partial charge < -0.3 is 10.1 Å². The Bertz CT molecular complexity index is 742. The summed E-state index contributed by atoms with van der Waals surface area (Å²) in [4.78, 5) is 4.54. The average Bonchev–Trinajstić information content (AvgIpc) is 2.83. The molecule has 2 aromatic carbocycles. The second kappa shape index (κ2) is 5.79. The standard InChI is InChI=1S/C15H13ClN2OS/c1-19-9-10-4-2-5-11(8-10)17-15-18-13-7-3-6-12(16)14(13)20-15/h2-8H,9H2,1H3,(H,17,18). The van der Waals surface area contributed by atoms with Crippen LogP contribution in [0.5, 0.6) is 0 Å². The first-order chi connectivity index (χ1) is 9.76. The van der Waals surface area contributed by atoms with E-state index in [0.29, 0.717) is 6.61 Å². The highest BCUT2D eigenvalue weighted by molar-refractivity contribution is 7.22. The third-order valence-corrected chi connectivity index (χ3v) is 4.30. The smallest absolute Gasteiger partial charge is 0.188 e. The van der Waals surface area contributed by atoms with Crippen molar-refractivity contribution in [1.82, 2.24) is 4.98 Å². The molecule has 0 bridgehead atoms. The Hall–Kier alpha value is -1.62. The van der Waals surface area contributed by atoms with Crippen LogP contribution < -0.4 is 5.32 Å². The van der Waals surface area contributed by atoms with E-state index in [1.165, 1.54) is 0 Å². The van der Waals surface area contributed by atoms with Gasteiger partial charge in [0.25, 0.3) is 0 Å². The van der Waals surface area contributed by atoms with Gasteiger partial charge in [-0.15, -0.1) is 0 Å². The number of fused-ring (bicyclic) bond motifs is 1. The quantitative estimate of drug-likeness (QED) is 0.749. The highest BCUT2D eigenvalue weighted by Gasteiger charge is 2.07. The maximum absolute atomic E-state index is 6.17. The molecule has 0 atom stereocenters. The van der Waals surface area contributed by atoms with E-state index < -0.39 is 0 Å². The number of aromatic nitrogens is 1. The summed E-state index contributed by atoms with van der Waals surface area (Å²) in [7, 11) is 1.69. The fraction of sp³-hybridized carbons (Fsp3) is 0.133. The number of thiazole rings is 1. The van der Waals surface area contributed by atoms with Crippen molar-refractivity contribution >= 4 is 44.0 Å². The summed E-state index contributed by atoms with van der Waals surface area (Å²) >= 11 is 7.72. The number of benzene rings is 2. The number of methoxy groups -OCH3 is 1. The minimum atomic E-state index is 0.598. The van der Waals surface area contributed by atoms with Crippen LogP contribution in [0.25, 0.3) is 10.2 Å². The van der Waals surface area contributed by atoms with Crippen molar-refractivity contribution < 1.29 is 4.74 Å². The Morgan fingerprint density at radius 1 is 1.25 bits per heavy atom. The molecule has 1 N–H and O–H groups in total. The summed E-state index contributed by atoms with van der Waals surface area (Å²) in [6.45, 7) is 0.598. The number of hydrogen-bond acceptors (Lipinski definition) is 4. The summed E-state index contributed by atoms with van der Waals surface area (Å²) in [5, 5.41) is 4.89. The molecule has 5 heteroatoms. The Balaban J connectivity index is 1.89. The molecule has 0 amide bonds. The molecule has 20 heavy (non-hydrogen) atoms. The van der Waals surface area contributed by atoms with Crippen LogP contribution in [0.2, 0.25) is 5.02 Å². The molecule has 3 rings (SSSR count). The van der Waals surface area contributed by atoms with Crippen LogP contribution in [0.15, 0.2) is 42.5 Å². The Morgan fingerprint density at radius 3 is 2.90 bits per heavy atom. The lowest BCUT2D eigenvalue weighted by molar-refractivity contribution is 0.185. The molecule has 0 aliphatic carbocycles. The minimum absolute atomic E-state index is 0.598. The van der Waals surface area contributed by atoms with E-state index in [1.807, 2.05) is 36.4 Å². The monoisotopic (exact) mass is 304 g/mol. The lowest BCUT2D eigenvalue weighted by atomic mass is 10.2. The van der Waals surface area contributed by atoms with Crippen molar-refractivity contribution in [3.05, 3.63) is 53.1 Å². The predicted molar refractivity (Wildman–Crippen MR) is 85.1 cm³/mol. The van der Waals surface area contributed by atoms with Crippen molar-refractivity contribution in [3.63, 3.8) is 0 Å². The van der Waals surface area contributed by atoms with Gasteiger partial charge in [-0.3, -0.25) is 0 Å². The molecule has 0 unspecified atom stereocenters. The van der Waals surface area contributed by atoms with Crippen LogP contribution in [0, 0.1) is 0 Å². The lowest BCUT2D eigenvalue weighted by Crippen LogP contribution is -1.92. The van der Waals surface area contributed by atoms with E-state index in [-0.39, 0.29) is 0 Å². The SMILES string of the molecule is COCc1cccc(Nc2nc3cccc(Cl)c3s2)c1. The lowest BCUT2D eigenvalue weighted by Gasteiger charge is -2.05. The number of anilines is 2. The molecule has 102 valence electrons. The summed E-state index contributed by atoms with van der Waals surface area (Å²) in [5.41, 5.74) is 3.03. The molecular formula is C15H13ClN2OS. The maximum atomic E-state index is 6.17. The molecule has 1 aromatic heterocycles. The fourth-order valence-corrected chi connectivity index (χ4v) is 3.17. The summed E-state index contributed by atoms with van der Waals surface area (Å²) in [6.07, 6.45) is 0. The number of nitrogens with zero attached hydrogens (tertiary/aromatic N) is 1. The van der Waals surface area contributed by atoms with Gasteiger partial charge in [0.2, 0.25) is 0 Å². The van der Waals surface area contributed by atoms with Gasteiger partial charge in [-0.05, 0) is 29.8 Å². The zero-order valence-electron chi connectivity index (χ0n) is 10.9. The largest absolute Gasteiger partial charge is 0.380 e. The van der Waals surface area contributed by atoms with Crippen LogP contribution >= 0.6 is 22.9 Å². The Morgan fingerprint density at radius 2 is 2.10 bits per heavy atom. The first kappa shape index (κ1) is 13.4. The zero-order chi connectivity index (χ0) is 13.9. The molecule has 0 fully saturated rings. The fourth-order valence-electron chi connectivity index (χ4n) is 2.00. The normalized spacial score (nSPS) is 10.9. The van der Waals surface area contributed by atoms with Gasteiger partial charge in [-0.25, -0.2) is 4.98 Å². The second-order valence-corrected chi connectivity index (χ2v) is 5.77. The molecule has 3 aromatic rings. The van der Waals surface area contributed by atoms with Crippen LogP contribution in [-0.4, -0.2) is 12.1 Å². The zero-order valence-corrected chi connectivity index (χ0v) is 12.5. The van der Waals surface area contributed by atoms with Gasteiger partial charge in [0, 0.05) is 12.8 Å². The number of hydrogen-bond donors (Lipinski definition) is 1. The highest BCUT2D eigenvalue weighted by atomic mass is 35.5. The van der Waals surface area contributed by atoms with Gasteiger partial charge >= 0.3 is 0 Å². The van der Waals surface area contributed by atoms with Crippen molar-refractivity contribution in [2.45, 2.75) is 6.61 Å². The number of rotatable bonds is 4. The topological polar surface area (TPSA) is 34.1 Å². The van der Waals surface area contributed by atoms with Gasteiger partial charge in [-0.1, -0.05) is 41.1 Å². The van der Waals surface area contributed by atoms with Gasteiger partial charge in [0.1, 0.15) is 0 Å². The van der Waals surface area contributed by atoms with Crippen LogP contribution in [-0.2, 0) is 11.3 Å². The minimum Gasteiger partial charge on any atom is -0.380 e. The van der Waals surface area contributed by atoms with E-state index in [4.69, 9.17) is 16.3 Å². The first-order valence-corrected chi connectivity index (χ1v) is 7.35. The van der Waals surface area contributed by atoms with E-state index >= 15 is 0 Å². The first-order valence-electron chi connectivity index (χ1n) is 6.16. The number of halogens is 1. The van der Waals surface area contributed by atoms with Crippen molar-refractivity contribution in [2.24, 2.45) is 0 Å². The average molecular weight is 305 g/mol. The van der Waals surface area contributed by atoms with Crippen LogP contribution in [0.3, 0.4) is 0 Å². The maximum Gasteiger partial charge on any atom is 0.188 e. The van der Waals surface area contributed by atoms with Crippen molar-refractivity contribution in [3.8, 4) is 0 Å². The molecule has 0 saturated heterocycles. The van der Waals surface area contributed by atoms with E-state index in [1.54, 1.807) is 18.4 Å². The van der Waals surface area contributed by atoms with E-state index in [0.717, 1.165) is 31.6 Å². The van der Waals surface area contributed by atoms with Crippen LogP contribution in [0.4, 0.5) is 10.8 Å². The second-order valence-electron chi connectivity index (χ2n) is 4.37. The summed E-state index contributed by atoms with van der Waals surface area (Å²) in [6, 6.07) is 13.8. The van der Waals surface area contributed by atoms with E-state index in [9.17, 15) is 0 Å². The molecule has 0 saturated carbocycles. The molecule has 3 nitrogen and oxygen atoms in total. The summed E-state index contributed by atoms with van der Waals surface area (Å²) < 4.78 is 6.14. The number of ether oxygens (including phenoxy) is 1. The Kier molecular flexibility index (Phi) is 3.87. The highest BCUT2D eigenvalue weighted by Crippen LogP contribution is 2.33. The molecule has 0 spiro atoms. The Labute approximate surface area is 126 Å². The molecule has 1 heterocycles.